The second-order valence-corrected chi connectivity index (χ2v) is 7.02. The Morgan fingerprint density at radius 1 is 0.897 bits per heavy atom. The Labute approximate surface area is 169 Å². The average Bonchev–Trinajstić information content (AvgIpc) is 2.96. The molecule has 0 spiro atoms. The zero-order valence-electron chi connectivity index (χ0n) is 16.0. The maximum Gasteiger partial charge on any atom is 0.271 e. The third-order valence-electron chi connectivity index (χ3n) is 5.40. The van der Waals surface area contributed by atoms with Crippen molar-refractivity contribution < 1.29 is 19.4 Å². The average molecular weight is 387 g/mol. The summed E-state index contributed by atoms with van der Waals surface area (Å²) in [5, 5.41) is 11.7. The molecule has 29 heavy (non-hydrogen) atoms. The van der Waals surface area contributed by atoms with E-state index < -0.39 is 23.3 Å². The van der Waals surface area contributed by atoms with Crippen molar-refractivity contribution in [2.75, 3.05) is 12.0 Å². The maximum absolute atomic E-state index is 13.4. The van der Waals surface area contributed by atoms with Gasteiger partial charge in [0.1, 0.15) is 5.75 Å². The zero-order valence-corrected chi connectivity index (χ0v) is 16.0. The van der Waals surface area contributed by atoms with Crippen LogP contribution in [0.4, 0.5) is 5.69 Å². The standard InChI is InChI=1S/C24H21NO4/c1-29-21-15-9-8-10-17(21)16-20-22(26)25(19-13-6-3-7-14-19)23(27)24(20,28)18-11-4-2-5-12-18/h2-15,20,28H,16H2,1H3/t20-,24-/m0/s1. The summed E-state index contributed by atoms with van der Waals surface area (Å²) in [5.41, 5.74) is -0.365. The fourth-order valence-electron chi connectivity index (χ4n) is 3.92. The molecule has 1 aliphatic rings. The first-order valence-corrected chi connectivity index (χ1v) is 9.40. The monoisotopic (exact) mass is 387 g/mol. The SMILES string of the molecule is COc1ccccc1C[C@H]1C(=O)N(c2ccccc2)C(=O)[C@]1(O)c1ccccc1. The van der Waals surface area contributed by atoms with Crippen LogP contribution in [0.25, 0.3) is 0 Å². The minimum absolute atomic E-state index is 0.170. The van der Waals surface area contributed by atoms with E-state index in [0.29, 0.717) is 17.0 Å². The first-order valence-electron chi connectivity index (χ1n) is 9.40. The highest BCUT2D eigenvalue weighted by atomic mass is 16.5. The quantitative estimate of drug-likeness (QED) is 0.682. The van der Waals surface area contributed by atoms with Gasteiger partial charge in [0.25, 0.3) is 5.91 Å². The van der Waals surface area contributed by atoms with Crippen molar-refractivity contribution in [3.05, 3.63) is 96.1 Å². The van der Waals surface area contributed by atoms with E-state index in [1.165, 1.54) is 0 Å². The molecule has 1 heterocycles. The van der Waals surface area contributed by atoms with Crippen LogP contribution >= 0.6 is 0 Å². The Hall–Kier alpha value is -3.44. The number of carbonyl (C=O) groups is 2. The van der Waals surface area contributed by atoms with Crippen molar-refractivity contribution >= 4 is 17.5 Å². The van der Waals surface area contributed by atoms with Gasteiger partial charge in [-0.25, -0.2) is 4.90 Å². The highest BCUT2D eigenvalue weighted by molar-refractivity contribution is 6.25. The summed E-state index contributed by atoms with van der Waals surface area (Å²) in [7, 11) is 1.56. The second-order valence-electron chi connectivity index (χ2n) is 7.02. The summed E-state index contributed by atoms with van der Waals surface area (Å²) in [4.78, 5) is 27.9. The van der Waals surface area contributed by atoms with Gasteiger partial charge in [-0.1, -0.05) is 66.7 Å². The number of amides is 2. The molecule has 0 aliphatic carbocycles. The number of nitrogens with zero attached hydrogens (tertiary/aromatic N) is 1. The third-order valence-corrected chi connectivity index (χ3v) is 5.40. The predicted octanol–water partition coefficient (Wildman–Crippen LogP) is 3.32. The number of carbonyl (C=O) groups excluding carboxylic acids is 2. The smallest absolute Gasteiger partial charge is 0.271 e. The minimum Gasteiger partial charge on any atom is -0.496 e. The van der Waals surface area contributed by atoms with Crippen molar-refractivity contribution in [3.8, 4) is 5.75 Å². The fourth-order valence-corrected chi connectivity index (χ4v) is 3.92. The number of para-hydroxylation sites is 2. The van der Waals surface area contributed by atoms with Gasteiger partial charge in [-0.3, -0.25) is 9.59 Å². The molecule has 3 aromatic rings. The molecule has 0 saturated carbocycles. The molecular weight excluding hydrogens is 366 g/mol. The number of hydrogen-bond acceptors (Lipinski definition) is 4. The van der Waals surface area contributed by atoms with E-state index in [1.807, 2.05) is 24.3 Å². The summed E-state index contributed by atoms with van der Waals surface area (Å²) in [6.07, 6.45) is 0.170. The number of benzene rings is 3. The molecule has 1 fully saturated rings. The Balaban J connectivity index is 1.84. The summed E-state index contributed by atoms with van der Waals surface area (Å²) < 4.78 is 5.41. The van der Waals surface area contributed by atoms with Crippen LogP contribution in [0.1, 0.15) is 11.1 Å². The number of rotatable bonds is 5. The molecule has 1 N–H and O–H groups in total. The summed E-state index contributed by atoms with van der Waals surface area (Å²) in [6.45, 7) is 0. The number of ether oxygens (including phenoxy) is 1. The molecule has 5 nitrogen and oxygen atoms in total. The summed E-state index contributed by atoms with van der Waals surface area (Å²) >= 11 is 0. The Morgan fingerprint density at radius 3 is 2.14 bits per heavy atom. The summed E-state index contributed by atoms with van der Waals surface area (Å²) in [5.74, 6) is -1.44. The van der Waals surface area contributed by atoms with Crippen molar-refractivity contribution in [3.63, 3.8) is 0 Å². The number of hydrogen-bond donors (Lipinski definition) is 1. The van der Waals surface area contributed by atoms with Crippen LogP contribution in [0.5, 0.6) is 5.75 Å². The van der Waals surface area contributed by atoms with Gasteiger partial charge in [0.05, 0.1) is 18.7 Å². The van der Waals surface area contributed by atoms with Crippen LogP contribution < -0.4 is 9.64 Å². The van der Waals surface area contributed by atoms with E-state index in [-0.39, 0.29) is 6.42 Å². The molecule has 0 bridgehead atoms. The molecule has 146 valence electrons. The van der Waals surface area contributed by atoms with Crippen LogP contribution in [0.3, 0.4) is 0 Å². The van der Waals surface area contributed by atoms with Gasteiger partial charge in [0, 0.05) is 0 Å². The number of anilines is 1. The Bertz CT molecular complexity index is 1040. The molecule has 3 aromatic carbocycles. The predicted molar refractivity (Wildman–Crippen MR) is 109 cm³/mol. The van der Waals surface area contributed by atoms with Gasteiger partial charge in [0.2, 0.25) is 5.91 Å². The topological polar surface area (TPSA) is 66.8 Å². The van der Waals surface area contributed by atoms with E-state index in [1.54, 1.807) is 67.8 Å². The largest absolute Gasteiger partial charge is 0.496 e. The molecule has 0 radical (unpaired) electrons. The normalized spacial score (nSPS) is 21.4. The lowest BCUT2D eigenvalue weighted by molar-refractivity contribution is -0.139. The lowest BCUT2D eigenvalue weighted by atomic mass is 9.79. The van der Waals surface area contributed by atoms with Crippen LogP contribution in [0, 0.1) is 5.92 Å². The van der Waals surface area contributed by atoms with E-state index >= 15 is 0 Å². The van der Waals surface area contributed by atoms with E-state index in [9.17, 15) is 14.7 Å². The fraction of sp³-hybridized carbons (Fsp3) is 0.167. The number of imide groups is 1. The van der Waals surface area contributed by atoms with E-state index in [2.05, 4.69) is 0 Å². The highest BCUT2D eigenvalue weighted by Crippen LogP contribution is 2.43. The van der Waals surface area contributed by atoms with Crippen molar-refractivity contribution in [2.24, 2.45) is 5.92 Å². The number of methoxy groups -OCH3 is 1. The Morgan fingerprint density at radius 2 is 1.48 bits per heavy atom. The molecule has 1 aliphatic heterocycles. The molecule has 2 atom stereocenters. The third kappa shape index (κ3) is 3.09. The van der Waals surface area contributed by atoms with Crippen LogP contribution in [-0.4, -0.2) is 24.0 Å². The van der Waals surface area contributed by atoms with Gasteiger partial charge in [-0.15, -0.1) is 0 Å². The second kappa shape index (κ2) is 7.53. The van der Waals surface area contributed by atoms with Crippen LogP contribution in [0.2, 0.25) is 0 Å². The molecular formula is C24H21NO4. The molecule has 0 aromatic heterocycles. The van der Waals surface area contributed by atoms with Gasteiger partial charge in [0.15, 0.2) is 5.60 Å². The zero-order chi connectivity index (χ0) is 20.4. The Kier molecular flexibility index (Phi) is 4.91. The minimum atomic E-state index is -1.96. The van der Waals surface area contributed by atoms with Crippen molar-refractivity contribution in [1.82, 2.24) is 0 Å². The van der Waals surface area contributed by atoms with Gasteiger partial charge in [-0.05, 0) is 35.7 Å². The molecule has 1 saturated heterocycles. The van der Waals surface area contributed by atoms with Gasteiger partial charge in [-0.2, -0.15) is 0 Å². The van der Waals surface area contributed by atoms with E-state index in [4.69, 9.17) is 4.74 Å². The molecule has 5 heteroatoms. The lowest BCUT2D eigenvalue weighted by Gasteiger charge is -2.26. The lowest BCUT2D eigenvalue weighted by Crippen LogP contribution is -2.41. The number of aliphatic hydroxyl groups is 1. The maximum atomic E-state index is 13.4. The van der Waals surface area contributed by atoms with Gasteiger partial charge >= 0.3 is 0 Å². The van der Waals surface area contributed by atoms with E-state index in [0.717, 1.165) is 10.5 Å². The van der Waals surface area contributed by atoms with Crippen molar-refractivity contribution in [1.29, 1.82) is 0 Å². The highest BCUT2D eigenvalue weighted by Gasteiger charge is 2.60. The van der Waals surface area contributed by atoms with Crippen molar-refractivity contribution in [2.45, 2.75) is 12.0 Å². The molecule has 4 rings (SSSR count). The van der Waals surface area contributed by atoms with Gasteiger partial charge < -0.3 is 9.84 Å². The molecule has 0 unspecified atom stereocenters. The first kappa shape index (κ1) is 18.9. The van der Waals surface area contributed by atoms with Crippen LogP contribution in [-0.2, 0) is 21.6 Å². The first-order chi connectivity index (χ1) is 14.1. The van der Waals surface area contributed by atoms with Crippen LogP contribution in [0.15, 0.2) is 84.9 Å². The molecule has 2 amide bonds. The summed E-state index contributed by atoms with van der Waals surface area (Å²) in [6, 6.07) is 24.7.